The van der Waals surface area contributed by atoms with Gasteiger partial charge in [-0.2, -0.15) is 5.11 Å². The van der Waals surface area contributed by atoms with Crippen LogP contribution in [-0.2, 0) is 6.54 Å². The standard InChI is InChI=1S/C22H21FN6O5/c1-22(13-28-11-20(29(30)31)26-21(28)34-22)14-33-19-8-4-16(5-9-19)25-10-17(27-24)12-32-18-6-2-15(23)3-7-18/h2-11,24-25H,12-14H2,1H3/b17-10-,27-24?/t22-/m1/s1. The lowest BCUT2D eigenvalue weighted by atomic mass is 10.1. The second kappa shape index (κ2) is 9.57. The molecule has 4 rings (SSSR count). The van der Waals surface area contributed by atoms with Crippen molar-refractivity contribution in [2.45, 2.75) is 19.1 Å². The van der Waals surface area contributed by atoms with E-state index in [1.165, 1.54) is 30.5 Å². The zero-order valence-corrected chi connectivity index (χ0v) is 18.1. The SMILES string of the molecule is C[C@]1(COc2ccc(N/C=C(/COc3ccc(F)cc3)N=N)cc2)Cn2cc([N+](=O)[O-])nc2O1. The van der Waals surface area contributed by atoms with Crippen molar-refractivity contribution in [1.82, 2.24) is 9.55 Å². The van der Waals surface area contributed by atoms with Crippen LogP contribution in [0, 0.1) is 21.5 Å². The monoisotopic (exact) mass is 468 g/mol. The van der Waals surface area contributed by atoms with Crippen LogP contribution in [0.1, 0.15) is 6.92 Å². The molecule has 12 heteroatoms. The highest BCUT2D eigenvalue weighted by molar-refractivity contribution is 5.48. The second-order valence-corrected chi connectivity index (χ2v) is 7.77. The number of fused-ring (bicyclic) bond motifs is 1. The van der Waals surface area contributed by atoms with Gasteiger partial charge in [-0.3, -0.25) is 4.57 Å². The number of halogens is 1. The molecule has 1 aliphatic rings. The summed E-state index contributed by atoms with van der Waals surface area (Å²) in [6.07, 6.45) is 2.89. The van der Waals surface area contributed by atoms with Gasteiger partial charge in [0.15, 0.2) is 5.60 Å². The van der Waals surface area contributed by atoms with Gasteiger partial charge in [-0.15, -0.1) is 0 Å². The fraction of sp³-hybridized carbons (Fsp3) is 0.227. The summed E-state index contributed by atoms with van der Waals surface area (Å²) >= 11 is 0. The molecule has 0 radical (unpaired) electrons. The molecule has 0 fully saturated rings. The zero-order valence-electron chi connectivity index (χ0n) is 18.1. The van der Waals surface area contributed by atoms with Crippen LogP contribution in [0.5, 0.6) is 17.5 Å². The quantitative estimate of drug-likeness (QED) is 0.253. The van der Waals surface area contributed by atoms with Crippen LogP contribution in [0.2, 0.25) is 0 Å². The Labute approximate surface area is 193 Å². The Morgan fingerprint density at radius 2 is 1.97 bits per heavy atom. The number of benzene rings is 2. The van der Waals surface area contributed by atoms with Crippen molar-refractivity contribution in [3.8, 4) is 17.5 Å². The Morgan fingerprint density at radius 1 is 1.29 bits per heavy atom. The summed E-state index contributed by atoms with van der Waals surface area (Å²) in [6.45, 7) is 2.49. The number of hydrogen-bond acceptors (Lipinski definition) is 9. The van der Waals surface area contributed by atoms with Gasteiger partial charge in [0.2, 0.25) is 0 Å². The molecule has 2 N–H and O–H groups in total. The summed E-state index contributed by atoms with van der Waals surface area (Å²) in [7, 11) is 0. The maximum atomic E-state index is 12.9. The van der Waals surface area contributed by atoms with E-state index in [1.54, 1.807) is 35.0 Å². The van der Waals surface area contributed by atoms with Crippen LogP contribution in [0.4, 0.5) is 15.9 Å². The zero-order chi connectivity index (χ0) is 24.1. The molecule has 0 aliphatic carbocycles. The summed E-state index contributed by atoms with van der Waals surface area (Å²) in [6, 6.07) is 12.9. The minimum atomic E-state index is -0.702. The number of ether oxygens (including phenoxy) is 3. The molecule has 2 heterocycles. The van der Waals surface area contributed by atoms with Gasteiger partial charge < -0.3 is 29.6 Å². The molecular weight excluding hydrogens is 447 g/mol. The molecule has 2 aromatic carbocycles. The Bertz CT molecular complexity index is 1190. The maximum absolute atomic E-state index is 12.9. The van der Waals surface area contributed by atoms with E-state index in [4.69, 9.17) is 19.7 Å². The highest BCUT2D eigenvalue weighted by Gasteiger charge is 2.41. The molecule has 0 bridgehead atoms. The topological polar surface area (TPSA) is 137 Å². The third kappa shape index (κ3) is 5.46. The number of imidazole rings is 1. The fourth-order valence-electron chi connectivity index (χ4n) is 3.20. The summed E-state index contributed by atoms with van der Waals surface area (Å²) in [5, 5.41) is 17.3. The van der Waals surface area contributed by atoms with Gasteiger partial charge in [-0.1, -0.05) is 0 Å². The third-order valence-electron chi connectivity index (χ3n) is 4.90. The van der Waals surface area contributed by atoms with Crippen LogP contribution in [0.25, 0.3) is 0 Å². The Kier molecular flexibility index (Phi) is 6.39. The van der Waals surface area contributed by atoms with Crippen molar-refractivity contribution in [1.29, 1.82) is 5.53 Å². The van der Waals surface area contributed by atoms with Gasteiger partial charge in [-0.25, -0.2) is 9.92 Å². The molecule has 1 atom stereocenters. The Morgan fingerprint density at radius 3 is 2.62 bits per heavy atom. The van der Waals surface area contributed by atoms with Crippen molar-refractivity contribution in [2.75, 3.05) is 18.5 Å². The van der Waals surface area contributed by atoms with Crippen LogP contribution in [-0.4, -0.2) is 33.3 Å². The second-order valence-electron chi connectivity index (χ2n) is 7.77. The van der Waals surface area contributed by atoms with Crippen molar-refractivity contribution in [3.63, 3.8) is 0 Å². The average Bonchev–Trinajstić information content (AvgIpc) is 3.35. The number of nitro groups is 1. The summed E-state index contributed by atoms with van der Waals surface area (Å²) in [5.41, 5.74) is 7.67. The number of hydrogen-bond donors (Lipinski definition) is 2. The van der Waals surface area contributed by atoms with E-state index in [-0.39, 0.29) is 30.9 Å². The molecule has 0 spiro atoms. The molecule has 1 aromatic heterocycles. The highest BCUT2D eigenvalue weighted by atomic mass is 19.1. The van der Waals surface area contributed by atoms with Crippen molar-refractivity contribution in [2.24, 2.45) is 5.11 Å². The molecular formula is C22H21FN6O5. The lowest BCUT2D eigenvalue weighted by molar-refractivity contribution is -0.389. The summed E-state index contributed by atoms with van der Waals surface area (Å²) in [5.74, 6) is 0.475. The maximum Gasteiger partial charge on any atom is 0.415 e. The van der Waals surface area contributed by atoms with Gasteiger partial charge in [0.1, 0.15) is 42.4 Å². The minimum absolute atomic E-state index is 0.0442. The van der Waals surface area contributed by atoms with Crippen LogP contribution >= 0.6 is 0 Å². The van der Waals surface area contributed by atoms with E-state index in [9.17, 15) is 14.5 Å². The van der Waals surface area contributed by atoms with Crippen LogP contribution in [0.3, 0.4) is 0 Å². The van der Waals surface area contributed by atoms with Gasteiger partial charge in [0.25, 0.3) is 0 Å². The van der Waals surface area contributed by atoms with E-state index < -0.39 is 10.5 Å². The molecule has 1 aliphatic heterocycles. The molecule has 3 aromatic rings. The van der Waals surface area contributed by atoms with Gasteiger partial charge in [-0.05, 0) is 60.4 Å². The first-order chi connectivity index (χ1) is 16.3. The molecule has 176 valence electrons. The van der Waals surface area contributed by atoms with E-state index >= 15 is 0 Å². The Hall–Kier alpha value is -4.48. The van der Waals surface area contributed by atoms with Crippen molar-refractivity contribution >= 4 is 11.5 Å². The van der Waals surface area contributed by atoms with E-state index in [1.807, 2.05) is 6.92 Å². The fourth-order valence-corrected chi connectivity index (χ4v) is 3.20. The predicted octanol–water partition coefficient (Wildman–Crippen LogP) is 4.52. The third-order valence-corrected chi connectivity index (χ3v) is 4.90. The average molecular weight is 468 g/mol. The lowest BCUT2D eigenvalue weighted by Gasteiger charge is -2.22. The highest BCUT2D eigenvalue weighted by Crippen LogP contribution is 2.31. The Balaban J connectivity index is 1.27. The van der Waals surface area contributed by atoms with Gasteiger partial charge in [0.05, 0.1) is 6.54 Å². The largest absolute Gasteiger partial charge is 0.489 e. The number of anilines is 1. The van der Waals surface area contributed by atoms with E-state index in [2.05, 4.69) is 15.4 Å². The summed E-state index contributed by atoms with van der Waals surface area (Å²) in [4.78, 5) is 14.1. The lowest BCUT2D eigenvalue weighted by Crippen LogP contribution is -2.38. The van der Waals surface area contributed by atoms with Gasteiger partial charge >= 0.3 is 11.8 Å². The number of nitrogens with zero attached hydrogens (tertiary/aromatic N) is 4. The molecule has 11 nitrogen and oxygen atoms in total. The first-order valence-electron chi connectivity index (χ1n) is 10.2. The first kappa shape index (κ1) is 22.7. The normalized spacial score (nSPS) is 16.9. The van der Waals surface area contributed by atoms with Crippen LogP contribution in [0.15, 0.2) is 71.7 Å². The van der Waals surface area contributed by atoms with E-state index in [0.29, 0.717) is 23.7 Å². The van der Waals surface area contributed by atoms with Gasteiger partial charge in [0, 0.05) is 16.9 Å². The first-order valence-corrected chi connectivity index (χ1v) is 10.2. The molecule has 0 amide bonds. The van der Waals surface area contributed by atoms with Crippen molar-refractivity contribution in [3.05, 3.63) is 82.6 Å². The van der Waals surface area contributed by atoms with E-state index in [0.717, 1.165) is 5.69 Å². The molecule has 34 heavy (non-hydrogen) atoms. The minimum Gasteiger partial charge on any atom is -0.489 e. The number of aromatic nitrogens is 2. The number of nitrogens with one attached hydrogen (secondary N) is 2. The molecule has 0 unspecified atom stereocenters. The smallest absolute Gasteiger partial charge is 0.415 e. The predicted molar refractivity (Wildman–Crippen MR) is 119 cm³/mol. The molecule has 0 saturated heterocycles. The molecule has 0 saturated carbocycles. The number of rotatable bonds is 10. The summed E-state index contributed by atoms with van der Waals surface area (Å²) < 4.78 is 31.6. The van der Waals surface area contributed by atoms with Crippen molar-refractivity contribution < 1.29 is 23.5 Å². The van der Waals surface area contributed by atoms with Crippen LogP contribution < -0.4 is 19.5 Å².